The Labute approximate surface area is 131 Å². The van der Waals surface area contributed by atoms with Gasteiger partial charge in [-0.3, -0.25) is 4.79 Å². The van der Waals surface area contributed by atoms with Crippen LogP contribution < -0.4 is 10.2 Å². The van der Waals surface area contributed by atoms with Crippen LogP contribution in [0.3, 0.4) is 0 Å². The number of carbonyl (C=O) groups excluding carboxylic acids is 1. The second-order valence-electron chi connectivity index (χ2n) is 6.01. The topological polar surface area (TPSA) is 76.4 Å². The van der Waals surface area contributed by atoms with E-state index in [9.17, 15) is 15.2 Å². The number of aliphatic hydroxyl groups excluding tert-OH is 1. The van der Waals surface area contributed by atoms with E-state index in [1.807, 2.05) is 35.2 Å². The normalized spacial score (nSPS) is 17.5. The van der Waals surface area contributed by atoms with Crippen molar-refractivity contribution in [1.29, 1.82) is 5.26 Å². The van der Waals surface area contributed by atoms with E-state index in [1.165, 1.54) is 0 Å². The van der Waals surface area contributed by atoms with E-state index in [2.05, 4.69) is 11.4 Å². The van der Waals surface area contributed by atoms with Crippen LogP contribution in [0.4, 0.5) is 5.69 Å². The average Bonchev–Trinajstić information content (AvgIpc) is 2.96. The highest BCUT2D eigenvalue weighted by atomic mass is 16.3. The van der Waals surface area contributed by atoms with Crippen molar-refractivity contribution in [2.75, 3.05) is 18.0 Å². The Balaban J connectivity index is 2.04. The molecule has 0 aliphatic heterocycles. The lowest BCUT2D eigenvalue weighted by Gasteiger charge is -2.28. The molecule has 1 fully saturated rings. The Kier molecular flexibility index (Phi) is 5.40. The fourth-order valence-corrected chi connectivity index (χ4v) is 2.94. The van der Waals surface area contributed by atoms with Gasteiger partial charge in [0.05, 0.1) is 18.7 Å². The first kappa shape index (κ1) is 16.3. The summed E-state index contributed by atoms with van der Waals surface area (Å²) >= 11 is 0. The highest BCUT2D eigenvalue weighted by Gasteiger charge is 2.35. The zero-order valence-electron chi connectivity index (χ0n) is 13.0. The molecule has 1 aliphatic rings. The monoisotopic (exact) mass is 301 g/mol. The predicted octanol–water partition coefficient (Wildman–Crippen LogP) is 1.83. The quantitative estimate of drug-likeness (QED) is 0.840. The number of nitrogens with zero attached hydrogens (tertiary/aromatic N) is 2. The predicted molar refractivity (Wildman–Crippen MR) is 85.3 cm³/mol. The zero-order valence-corrected chi connectivity index (χ0v) is 13.0. The largest absolute Gasteiger partial charge is 0.392 e. The number of nitriles is 1. The Morgan fingerprint density at radius 3 is 2.59 bits per heavy atom. The third-order valence-corrected chi connectivity index (χ3v) is 3.99. The van der Waals surface area contributed by atoms with Gasteiger partial charge in [-0.2, -0.15) is 5.26 Å². The van der Waals surface area contributed by atoms with Crippen molar-refractivity contribution in [2.24, 2.45) is 0 Å². The molecule has 5 nitrogen and oxygen atoms in total. The average molecular weight is 301 g/mol. The maximum absolute atomic E-state index is 12.3. The molecular formula is C17H23N3O2. The van der Waals surface area contributed by atoms with E-state index >= 15 is 0 Å². The van der Waals surface area contributed by atoms with Gasteiger partial charge in [-0.25, -0.2) is 0 Å². The molecule has 0 radical (unpaired) electrons. The number of rotatable bonds is 6. The van der Waals surface area contributed by atoms with Crippen molar-refractivity contribution >= 4 is 11.6 Å². The van der Waals surface area contributed by atoms with Crippen LogP contribution >= 0.6 is 0 Å². The molecule has 0 aromatic heterocycles. The molecule has 1 aromatic carbocycles. The summed E-state index contributed by atoms with van der Waals surface area (Å²) in [7, 11) is 0. The fraction of sp³-hybridized carbons (Fsp3) is 0.529. The number of hydrogen-bond donors (Lipinski definition) is 2. The van der Waals surface area contributed by atoms with Crippen molar-refractivity contribution < 1.29 is 9.90 Å². The molecular weight excluding hydrogens is 278 g/mol. The van der Waals surface area contributed by atoms with Gasteiger partial charge >= 0.3 is 0 Å². The molecule has 0 unspecified atom stereocenters. The summed E-state index contributed by atoms with van der Waals surface area (Å²) in [6.45, 7) is 2.21. The smallest absolute Gasteiger partial charge is 0.240 e. The van der Waals surface area contributed by atoms with Gasteiger partial charge in [0.25, 0.3) is 0 Å². The molecule has 1 amide bonds. The number of carbonyl (C=O) groups is 1. The highest BCUT2D eigenvalue weighted by molar-refractivity contribution is 5.82. The second-order valence-corrected chi connectivity index (χ2v) is 6.01. The second kappa shape index (κ2) is 7.28. The van der Waals surface area contributed by atoms with E-state index in [0.29, 0.717) is 6.54 Å². The summed E-state index contributed by atoms with van der Waals surface area (Å²) in [5, 5.41) is 21.9. The lowest BCUT2D eigenvalue weighted by molar-refractivity contribution is -0.121. The summed E-state index contributed by atoms with van der Waals surface area (Å²) in [4.78, 5) is 14.2. The molecule has 0 heterocycles. The molecule has 1 atom stereocenters. The first-order chi connectivity index (χ1) is 10.5. The minimum atomic E-state index is -0.704. The number of hydrogen-bond acceptors (Lipinski definition) is 4. The molecule has 22 heavy (non-hydrogen) atoms. The molecule has 118 valence electrons. The number of benzene rings is 1. The molecule has 1 aliphatic carbocycles. The molecule has 1 saturated carbocycles. The lowest BCUT2D eigenvalue weighted by atomic mass is 10.00. The van der Waals surface area contributed by atoms with Gasteiger partial charge in [-0.05, 0) is 44.7 Å². The molecule has 0 saturated heterocycles. The Morgan fingerprint density at radius 1 is 1.41 bits per heavy atom. The van der Waals surface area contributed by atoms with E-state index in [4.69, 9.17) is 0 Å². The SMILES string of the molecule is C[C@@H](O)CN(CC(=O)NC1(C#N)CCCC1)c1ccccc1. The van der Waals surface area contributed by atoms with Gasteiger partial charge in [0, 0.05) is 12.2 Å². The minimum absolute atomic E-state index is 0.137. The van der Waals surface area contributed by atoms with E-state index < -0.39 is 11.6 Å². The summed E-state index contributed by atoms with van der Waals surface area (Å²) in [6, 6.07) is 11.8. The molecule has 5 heteroatoms. The van der Waals surface area contributed by atoms with Crippen LogP contribution in [-0.4, -0.2) is 35.7 Å². The fourth-order valence-electron chi connectivity index (χ4n) is 2.94. The van der Waals surface area contributed by atoms with Crippen LogP contribution in [0.5, 0.6) is 0 Å². The number of anilines is 1. The van der Waals surface area contributed by atoms with Gasteiger partial charge in [-0.15, -0.1) is 0 Å². The zero-order chi connectivity index (χ0) is 16.0. The third-order valence-electron chi connectivity index (χ3n) is 3.99. The van der Waals surface area contributed by atoms with Crippen LogP contribution in [0, 0.1) is 11.3 Å². The first-order valence-electron chi connectivity index (χ1n) is 7.75. The Morgan fingerprint density at radius 2 is 2.05 bits per heavy atom. The Hall–Kier alpha value is -2.06. The molecule has 2 rings (SSSR count). The standard InChI is InChI=1S/C17H23N3O2/c1-14(21)11-20(15-7-3-2-4-8-15)12-16(22)19-17(13-18)9-5-6-10-17/h2-4,7-8,14,21H,5-6,9-12H2,1H3,(H,19,22)/t14-/m1/s1. The van der Waals surface area contributed by atoms with Crippen molar-refractivity contribution in [3.05, 3.63) is 30.3 Å². The first-order valence-corrected chi connectivity index (χ1v) is 7.75. The number of amides is 1. The number of para-hydroxylation sites is 1. The summed E-state index contributed by atoms with van der Waals surface area (Å²) < 4.78 is 0. The van der Waals surface area contributed by atoms with Gasteiger partial charge in [0.1, 0.15) is 5.54 Å². The van der Waals surface area contributed by atoms with Crippen molar-refractivity contribution in [2.45, 2.75) is 44.2 Å². The van der Waals surface area contributed by atoms with Gasteiger partial charge in [0.2, 0.25) is 5.91 Å². The van der Waals surface area contributed by atoms with Crippen LogP contribution in [-0.2, 0) is 4.79 Å². The number of nitrogens with one attached hydrogen (secondary N) is 1. The summed E-state index contributed by atoms with van der Waals surface area (Å²) in [5.41, 5.74) is 0.181. The third kappa shape index (κ3) is 4.22. The van der Waals surface area contributed by atoms with Gasteiger partial charge in [-0.1, -0.05) is 18.2 Å². The summed E-state index contributed by atoms with van der Waals surface area (Å²) in [6.07, 6.45) is 2.85. The summed E-state index contributed by atoms with van der Waals surface area (Å²) in [5.74, 6) is -0.173. The van der Waals surface area contributed by atoms with Gasteiger partial charge < -0.3 is 15.3 Å². The maximum atomic E-state index is 12.3. The van der Waals surface area contributed by atoms with Crippen LogP contribution in [0.2, 0.25) is 0 Å². The Bertz CT molecular complexity index is 531. The lowest BCUT2D eigenvalue weighted by Crippen LogP contribution is -2.49. The highest BCUT2D eigenvalue weighted by Crippen LogP contribution is 2.28. The molecule has 1 aromatic rings. The van der Waals surface area contributed by atoms with Crippen LogP contribution in [0.15, 0.2) is 30.3 Å². The molecule has 0 spiro atoms. The molecule has 0 bridgehead atoms. The van der Waals surface area contributed by atoms with Crippen molar-refractivity contribution in [3.8, 4) is 6.07 Å². The maximum Gasteiger partial charge on any atom is 0.240 e. The minimum Gasteiger partial charge on any atom is -0.392 e. The van der Waals surface area contributed by atoms with Crippen LogP contribution in [0.1, 0.15) is 32.6 Å². The van der Waals surface area contributed by atoms with Crippen molar-refractivity contribution in [3.63, 3.8) is 0 Å². The van der Waals surface area contributed by atoms with E-state index in [1.54, 1.807) is 6.92 Å². The van der Waals surface area contributed by atoms with E-state index in [0.717, 1.165) is 31.4 Å². The molecule has 2 N–H and O–H groups in total. The van der Waals surface area contributed by atoms with Crippen molar-refractivity contribution in [1.82, 2.24) is 5.32 Å². The number of aliphatic hydroxyl groups is 1. The van der Waals surface area contributed by atoms with Crippen LogP contribution in [0.25, 0.3) is 0 Å². The van der Waals surface area contributed by atoms with E-state index in [-0.39, 0.29) is 12.5 Å². The van der Waals surface area contributed by atoms with Gasteiger partial charge in [0.15, 0.2) is 0 Å².